The van der Waals surface area contributed by atoms with Crippen LogP contribution in [0.25, 0.3) is 0 Å². The Bertz CT molecular complexity index is 1000. The van der Waals surface area contributed by atoms with E-state index in [2.05, 4.69) is 34.5 Å². The highest BCUT2D eigenvalue weighted by molar-refractivity contribution is 5.97. The molecule has 5 rings (SSSR count). The maximum absolute atomic E-state index is 13.3. The zero-order chi connectivity index (χ0) is 22.8. The lowest BCUT2D eigenvalue weighted by molar-refractivity contribution is 0.0454. The molecule has 0 saturated carbocycles. The van der Waals surface area contributed by atoms with Gasteiger partial charge in [0.15, 0.2) is 0 Å². The fourth-order valence-corrected chi connectivity index (χ4v) is 5.07. The third kappa shape index (κ3) is 6.60. The number of carbonyl (C=O) groups is 1. The van der Waals surface area contributed by atoms with E-state index >= 15 is 0 Å². The minimum absolute atomic E-state index is 0. The van der Waals surface area contributed by atoms with E-state index in [9.17, 15) is 9.90 Å². The van der Waals surface area contributed by atoms with Gasteiger partial charge in [0.1, 0.15) is 23.7 Å². The minimum atomic E-state index is -0.620. The zero-order valence-electron chi connectivity index (χ0n) is 20.0. The number of hydrogen-bond donors (Lipinski definition) is 2. The van der Waals surface area contributed by atoms with Crippen molar-refractivity contribution < 1.29 is 19.4 Å². The summed E-state index contributed by atoms with van der Waals surface area (Å²) in [6.45, 7) is 6.78. The van der Waals surface area contributed by atoms with Crippen molar-refractivity contribution in [3.8, 4) is 11.5 Å². The quantitative estimate of drug-likeness (QED) is 0.606. The number of β-amino-alcohol motifs (C(OH)–C–C–N with tert-alkyl or cyclic N) is 1. The maximum Gasteiger partial charge on any atom is 0.257 e. The smallest absolute Gasteiger partial charge is 0.257 e. The van der Waals surface area contributed by atoms with Gasteiger partial charge < -0.3 is 24.8 Å². The normalized spacial score (nSPS) is 22.6. The minimum Gasteiger partial charge on any atom is -0.489 e. The lowest BCUT2D eigenvalue weighted by atomic mass is 10.00. The molecule has 7 nitrogen and oxygen atoms in total. The van der Waals surface area contributed by atoms with Gasteiger partial charge >= 0.3 is 0 Å². The van der Waals surface area contributed by atoms with Crippen LogP contribution in [0, 0.1) is 0 Å². The molecule has 1 fully saturated rings. The molecule has 2 aromatic rings. The number of halogens is 2. The number of aliphatic hydroxyl groups excluding tert-OH is 1. The van der Waals surface area contributed by atoms with Crippen LogP contribution in [0.3, 0.4) is 0 Å². The van der Waals surface area contributed by atoms with Crippen LogP contribution in [-0.4, -0.2) is 78.4 Å². The molecule has 0 aromatic heterocycles. The maximum atomic E-state index is 13.3. The third-order valence-electron chi connectivity index (χ3n) is 6.70. The topological polar surface area (TPSA) is 74.3 Å². The van der Waals surface area contributed by atoms with Gasteiger partial charge in [0.25, 0.3) is 5.91 Å². The molecule has 2 N–H and O–H groups in total. The van der Waals surface area contributed by atoms with Crippen molar-refractivity contribution >= 4 is 30.7 Å². The number of carbonyl (C=O) groups excluding carboxylic acids is 1. The van der Waals surface area contributed by atoms with Crippen LogP contribution >= 0.6 is 24.8 Å². The first-order valence-corrected chi connectivity index (χ1v) is 12.0. The standard InChI is InChI=1S/C26H33N3O4.2ClH/c1-18-14-29(17-21(30)16-28-11-9-19-4-2-3-5-20(19)15-28)26(31)24-7-6-22(12-25(24)32-18)33-23-8-10-27-13-23;;/h2-7,12,18,21,23,27,30H,8-11,13-17H2,1H3;2*1H/t18-,21?,23+;;/m1../s1. The largest absolute Gasteiger partial charge is 0.489 e. The number of ether oxygens (including phenoxy) is 2. The van der Waals surface area contributed by atoms with Crippen LogP contribution in [0.5, 0.6) is 11.5 Å². The van der Waals surface area contributed by atoms with E-state index in [1.54, 1.807) is 11.0 Å². The summed E-state index contributed by atoms with van der Waals surface area (Å²) in [5.74, 6) is 1.17. The molecule has 9 heteroatoms. The predicted octanol–water partition coefficient (Wildman–Crippen LogP) is 2.91. The van der Waals surface area contributed by atoms with E-state index in [0.29, 0.717) is 24.4 Å². The molecule has 1 amide bonds. The van der Waals surface area contributed by atoms with Crippen molar-refractivity contribution in [2.75, 3.05) is 39.3 Å². The molecule has 192 valence electrons. The van der Waals surface area contributed by atoms with Gasteiger partial charge in [-0.15, -0.1) is 24.8 Å². The van der Waals surface area contributed by atoms with Crippen molar-refractivity contribution in [1.82, 2.24) is 15.1 Å². The van der Waals surface area contributed by atoms with E-state index in [1.807, 2.05) is 19.1 Å². The van der Waals surface area contributed by atoms with Crippen molar-refractivity contribution in [2.24, 2.45) is 0 Å². The number of benzene rings is 2. The molecule has 3 aliphatic rings. The second-order valence-electron chi connectivity index (χ2n) is 9.44. The lowest BCUT2D eigenvalue weighted by Gasteiger charge is -2.32. The second-order valence-corrected chi connectivity index (χ2v) is 9.44. The summed E-state index contributed by atoms with van der Waals surface area (Å²) < 4.78 is 12.1. The van der Waals surface area contributed by atoms with Gasteiger partial charge in [-0.1, -0.05) is 24.3 Å². The van der Waals surface area contributed by atoms with Crippen LogP contribution in [-0.2, 0) is 13.0 Å². The van der Waals surface area contributed by atoms with Gasteiger partial charge in [-0.05, 0) is 49.6 Å². The van der Waals surface area contributed by atoms with Gasteiger partial charge in [-0.3, -0.25) is 9.69 Å². The molecule has 0 radical (unpaired) electrons. The fraction of sp³-hybridized carbons (Fsp3) is 0.500. The first-order valence-electron chi connectivity index (χ1n) is 12.0. The number of nitrogens with one attached hydrogen (secondary N) is 1. The number of aliphatic hydroxyl groups is 1. The molecular weight excluding hydrogens is 489 g/mol. The summed E-state index contributed by atoms with van der Waals surface area (Å²) in [4.78, 5) is 17.3. The fourth-order valence-electron chi connectivity index (χ4n) is 5.07. The molecule has 0 aliphatic carbocycles. The Labute approximate surface area is 219 Å². The highest BCUT2D eigenvalue weighted by Crippen LogP contribution is 2.30. The van der Waals surface area contributed by atoms with Gasteiger partial charge in [-0.2, -0.15) is 0 Å². The van der Waals surface area contributed by atoms with Crippen molar-refractivity contribution in [2.45, 2.75) is 44.6 Å². The SMILES string of the molecule is C[C@@H]1CN(CC(O)CN2CCc3ccccc3C2)C(=O)c2ccc(O[C@H]3CCNC3)cc2O1.Cl.Cl. The molecule has 1 unspecified atom stereocenters. The summed E-state index contributed by atoms with van der Waals surface area (Å²) in [7, 11) is 0. The Kier molecular flexibility index (Phi) is 9.67. The number of amides is 1. The number of fused-ring (bicyclic) bond motifs is 2. The summed E-state index contributed by atoms with van der Waals surface area (Å²) >= 11 is 0. The van der Waals surface area contributed by atoms with Crippen LogP contribution in [0.15, 0.2) is 42.5 Å². The van der Waals surface area contributed by atoms with Gasteiger partial charge in [-0.25, -0.2) is 0 Å². The van der Waals surface area contributed by atoms with Crippen LogP contribution < -0.4 is 14.8 Å². The van der Waals surface area contributed by atoms with Gasteiger partial charge in [0.2, 0.25) is 0 Å². The third-order valence-corrected chi connectivity index (χ3v) is 6.70. The van der Waals surface area contributed by atoms with E-state index in [0.717, 1.165) is 44.8 Å². The summed E-state index contributed by atoms with van der Waals surface area (Å²) in [5, 5.41) is 14.1. The van der Waals surface area contributed by atoms with Crippen molar-refractivity contribution in [3.63, 3.8) is 0 Å². The monoisotopic (exact) mass is 523 g/mol. The molecule has 0 bridgehead atoms. The number of hydrogen-bond acceptors (Lipinski definition) is 6. The van der Waals surface area contributed by atoms with E-state index in [1.165, 1.54) is 11.1 Å². The van der Waals surface area contributed by atoms with E-state index < -0.39 is 6.10 Å². The average Bonchev–Trinajstić information content (AvgIpc) is 3.27. The number of nitrogens with zero attached hydrogens (tertiary/aromatic N) is 2. The predicted molar refractivity (Wildman–Crippen MR) is 140 cm³/mol. The Morgan fingerprint density at radius 1 is 1.17 bits per heavy atom. The highest BCUT2D eigenvalue weighted by atomic mass is 35.5. The Balaban J connectivity index is 0.00000171. The Morgan fingerprint density at radius 2 is 1.97 bits per heavy atom. The van der Waals surface area contributed by atoms with Gasteiger partial charge in [0, 0.05) is 38.8 Å². The Morgan fingerprint density at radius 3 is 2.74 bits per heavy atom. The van der Waals surface area contributed by atoms with Crippen LogP contribution in [0.1, 0.15) is 34.8 Å². The van der Waals surface area contributed by atoms with Crippen LogP contribution in [0.4, 0.5) is 0 Å². The molecule has 2 aromatic carbocycles. The van der Waals surface area contributed by atoms with Crippen molar-refractivity contribution in [3.05, 3.63) is 59.2 Å². The van der Waals surface area contributed by atoms with E-state index in [4.69, 9.17) is 9.47 Å². The van der Waals surface area contributed by atoms with Crippen LogP contribution in [0.2, 0.25) is 0 Å². The molecule has 3 atom stereocenters. The number of rotatable bonds is 6. The molecular formula is C26H35Cl2N3O4. The summed E-state index contributed by atoms with van der Waals surface area (Å²) in [5.41, 5.74) is 3.24. The first-order chi connectivity index (χ1) is 16.0. The molecule has 3 heterocycles. The zero-order valence-corrected chi connectivity index (χ0v) is 21.7. The average molecular weight is 524 g/mol. The van der Waals surface area contributed by atoms with Gasteiger partial charge in [0.05, 0.1) is 18.2 Å². The second kappa shape index (κ2) is 12.3. The Hall–Kier alpha value is -2.03. The molecule has 1 saturated heterocycles. The summed E-state index contributed by atoms with van der Waals surface area (Å²) in [6, 6.07) is 13.9. The summed E-state index contributed by atoms with van der Waals surface area (Å²) in [6.07, 6.45) is 1.32. The first kappa shape index (κ1) is 27.6. The molecule has 0 spiro atoms. The lowest BCUT2D eigenvalue weighted by Crippen LogP contribution is -2.45. The molecule has 35 heavy (non-hydrogen) atoms. The highest BCUT2D eigenvalue weighted by Gasteiger charge is 2.30. The molecule has 3 aliphatic heterocycles. The van der Waals surface area contributed by atoms with Crippen molar-refractivity contribution in [1.29, 1.82) is 0 Å². The van der Waals surface area contributed by atoms with E-state index in [-0.39, 0.29) is 49.5 Å².